The van der Waals surface area contributed by atoms with E-state index < -0.39 is 35.0 Å². The van der Waals surface area contributed by atoms with Crippen molar-refractivity contribution in [2.45, 2.75) is 65.6 Å². The predicted octanol–water partition coefficient (Wildman–Crippen LogP) is 8.99. The standard InChI is InChI=1S/C20H21ClFN3O3.C20H22ClN3O3/c1-20(2,3)28-19(27)23-9-8-13-10-24-16-7-4-12(11-25(13)16)14-5-6-15(21)17(22)18(14)26;1-20(2,3)27-19(26)22-9-8-15-11-23-18-7-4-13(12-24(15)18)16-6-5-14(21)10-17(16)25/h4-7,10-11,26H,8-9H2,1-3H3,(H,23,27);4-7,10-12,25H,8-9H2,1-3H3,(H,22,26). The van der Waals surface area contributed by atoms with Gasteiger partial charge in [0.1, 0.15) is 28.2 Å². The Labute approximate surface area is 327 Å². The van der Waals surface area contributed by atoms with Gasteiger partial charge in [-0.1, -0.05) is 23.2 Å². The van der Waals surface area contributed by atoms with Crippen molar-refractivity contribution in [1.82, 2.24) is 29.4 Å². The zero-order chi connectivity index (χ0) is 40.1. The van der Waals surface area contributed by atoms with Gasteiger partial charge in [0.25, 0.3) is 0 Å². The molecular weight excluding hydrogens is 750 g/mol. The van der Waals surface area contributed by atoms with Gasteiger partial charge < -0.3 is 39.1 Å². The second kappa shape index (κ2) is 16.9. The monoisotopic (exact) mass is 792 g/mol. The summed E-state index contributed by atoms with van der Waals surface area (Å²) >= 11 is 11.6. The van der Waals surface area contributed by atoms with Crippen LogP contribution in [0.2, 0.25) is 10.0 Å². The van der Waals surface area contributed by atoms with Gasteiger partial charge in [-0.15, -0.1) is 0 Å². The van der Waals surface area contributed by atoms with E-state index in [1.165, 1.54) is 12.1 Å². The molecule has 4 N–H and O–H groups in total. The van der Waals surface area contributed by atoms with Gasteiger partial charge in [-0.05, 0) is 96.1 Å². The topological polar surface area (TPSA) is 152 Å². The minimum absolute atomic E-state index is 0.120. The molecule has 6 rings (SSSR count). The number of rotatable bonds is 8. The number of phenols is 2. The van der Waals surface area contributed by atoms with E-state index in [4.69, 9.17) is 32.7 Å². The van der Waals surface area contributed by atoms with Crippen LogP contribution in [0.1, 0.15) is 52.9 Å². The molecule has 0 fully saturated rings. The van der Waals surface area contributed by atoms with Crippen LogP contribution in [0, 0.1) is 5.82 Å². The molecule has 0 spiro atoms. The number of hydrogen-bond donors (Lipinski definition) is 4. The number of fused-ring (bicyclic) bond motifs is 2. The number of alkyl carbamates (subject to hydrolysis) is 2. The van der Waals surface area contributed by atoms with E-state index in [1.54, 1.807) is 69.7 Å². The van der Waals surface area contributed by atoms with E-state index in [-0.39, 0.29) is 10.8 Å². The van der Waals surface area contributed by atoms with Gasteiger partial charge in [-0.3, -0.25) is 0 Å². The number of carbonyl (C=O) groups is 2. The van der Waals surface area contributed by atoms with E-state index in [0.717, 1.165) is 22.6 Å². The van der Waals surface area contributed by atoms with Crippen molar-refractivity contribution in [3.05, 3.63) is 107 Å². The van der Waals surface area contributed by atoms with Crippen molar-refractivity contribution in [2.75, 3.05) is 13.1 Å². The number of amides is 2. The van der Waals surface area contributed by atoms with E-state index in [2.05, 4.69) is 20.6 Å². The molecule has 55 heavy (non-hydrogen) atoms. The lowest BCUT2D eigenvalue weighted by molar-refractivity contribution is 0.0516. The van der Waals surface area contributed by atoms with Crippen molar-refractivity contribution >= 4 is 46.7 Å². The summed E-state index contributed by atoms with van der Waals surface area (Å²) in [6.07, 6.45) is 7.34. The molecule has 4 heterocycles. The fourth-order valence-corrected chi connectivity index (χ4v) is 5.80. The van der Waals surface area contributed by atoms with Crippen LogP contribution in [-0.2, 0) is 22.3 Å². The molecule has 0 aliphatic rings. The Kier molecular flexibility index (Phi) is 12.5. The number of nitrogens with one attached hydrogen (secondary N) is 2. The number of aromatic nitrogens is 4. The number of phenolic OH excluding ortho intramolecular Hbond substituents is 2. The number of pyridine rings is 2. The Hall–Kier alpha value is -5.53. The van der Waals surface area contributed by atoms with Crippen molar-refractivity contribution in [3.63, 3.8) is 0 Å². The Balaban J connectivity index is 0.000000211. The molecule has 0 radical (unpaired) electrons. The van der Waals surface area contributed by atoms with Crippen LogP contribution in [-0.4, -0.2) is 65.5 Å². The first-order valence-corrected chi connectivity index (χ1v) is 18.2. The molecular formula is C40H43Cl2FN6O6. The molecule has 4 aromatic heterocycles. The number of nitrogens with zero attached hydrogens (tertiary/aromatic N) is 4. The lowest BCUT2D eigenvalue weighted by Gasteiger charge is -2.19. The SMILES string of the molecule is CC(C)(C)OC(=O)NCCc1cnc2ccc(-c3ccc(Cl)c(F)c3O)cn12.CC(C)(C)OC(=O)NCCc1cnc2ccc(-c3ccc(Cl)cc3O)cn12. The third kappa shape index (κ3) is 10.8. The Morgan fingerprint density at radius 1 is 0.727 bits per heavy atom. The van der Waals surface area contributed by atoms with E-state index >= 15 is 0 Å². The van der Waals surface area contributed by atoms with Crippen LogP contribution in [0.3, 0.4) is 0 Å². The lowest BCUT2D eigenvalue weighted by Crippen LogP contribution is -2.33. The Morgan fingerprint density at radius 2 is 1.20 bits per heavy atom. The molecule has 0 atom stereocenters. The summed E-state index contributed by atoms with van der Waals surface area (Å²) in [4.78, 5) is 32.2. The number of imidazole rings is 2. The summed E-state index contributed by atoms with van der Waals surface area (Å²) in [6.45, 7) is 11.7. The minimum atomic E-state index is -0.855. The van der Waals surface area contributed by atoms with Crippen LogP contribution in [0.25, 0.3) is 33.5 Å². The van der Waals surface area contributed by atoms with Gasteiger partial charge in [0.2, 0.25) is 0 Å². The van der Waals surface area contributed by atoms with Crippen LogP contribution >= 0.6 is 23.2 Å². The maximum Gasteiger partial charge on any atom is 0.407 e. The predicted molar refractivity (Wildman–Crippen MR) is 210 cm³/mol. The molecule has 15 heteroatoms. The quantitative estimate of drug-likeness (QED) is 0.119. The molecule has 0 aliphatic heterocycles. The molecule has 2 amide bonds. The van der Waals surface area contributed by atoms with Gasteiger partial charge in [-0.25, -0.2) is 23.9 Å². The molecule has 6 aromatic rings. The summed E-state index contributed by atoms with van der Waals surface area (Å²) < 4.78 is 28.1. The second-order valence-electron chi connectivity index (χ2n) is 14.6. The fraction of sp³-hybridized carbons (Fsp3) is 0.300. The summed E-state index contributed by atoms with van der Waals surface area (Å²) in [5.74, 6) is -1.23. The highest BCUT2D eigenvalue weighted by Crippen LogP contribution is 2.35. The highest BCUT2D eigenvalue weighted by atomic mass is 35.5. The van der Waals surface area contributed by atoms with Crippen molar-refractivity contribution < 1.29 is 33.7 Å². The van der Waals surface area contributed by atoms with E-state index in [1.807, 2.05) is 47.9 Å². The number of aromatic hydroxyl groups is 2. The molecule has 12 nitrogen and oxygen atoms in total. The average Bonchev–Trinajstić information content (AvgIpc) is 3.69. The first kappa shape index (κ1) is 40.7. The van der Waals surface area contributed by atoms with Gasteiger partial charge in [0, 0.05) is 89.4 Å². The highest BCUT2D eigenvalue weighted by molar-refractivity contribution is 6.31. The second-order valence-corrected chi connectivity index (χ2v) is 15.4. The van der Waals surface area contributed by atoms with Gasteiger partial charge in [0.15, 0.2) is 11.6 Å². The Morgan fingerprint density at radius 3 is 1.67 bits per heavy atom. The third-order valence-electron chi connectivity index (χ3n) is 7.91. The molecule has 290 valence electrons. The van der Waals surface area contributed by atoms with Crippen molar-refractivity contribution in [2.24, 2.45) is 0 Å². The number of carbonyl (C=O) groups excluding carboxylic acids is 2. The number of halogens is 3. The number of benzene rings is 2. The lowest BCUT2D eigenvalue weighted by atomic mass is 10.1. The fourth-order valence-electron chi connectivity index (χ4n) is 5.49. The summed E-state index contributed by atoms with van der Waals surface area (Å²) in [7, 11) is 0. The molecule has 0 bridgehead atoms. The average molecular weight is 794 g/mol. The normalized spacial score (nSPS) is 11.6. The zero-order valence-electron chi connectivity index (χ0n) is 31.3. The maximum atomic E-state index is 13.9. The van der Waals surface area contributed by atoms with Crippen molar-refractivity contribution in [1.29, 1.82) is 0 Å². The largest absolute Gasteiger partial charge is 0.507 e. The minimum Gasteiger partial charge on any atom is -0.507 e. The van der Waals surface area contributed by atoms with Gasteiger partial charge >= 0.3 is 12.2 Å². The smallest absolute Gasteiger partial charge is 0.407 e. The molecule has 2 aromatic carbocycles. The van der Waals surface area contributed by atoms with E-state index in [0.29, 0.717) is 53.3 Å². The van der Waals surface area contributed by atoms with Gasteiger partial charge in [0.05, 0.1) is 5.02 Å². The third-order valence-corrected chi connectivity index (χ3v) is 8.44. The van der Waals surface area contributed by atoms with Crippen LogP contribution in [0.4, 0.5) is 14.0 Å². The molecule has 0 aliphatic carbocycles. The Bertz CT molecular complexity index is 2330. The first-order valence-electron chi connectivity index (χ1n) is 17.4. The maximum absolute atomic E-state index is 13.9. The molecule has 0 unspecified atom stereocenters. The summed E-state index contributed by atoms with van der Waals surface area (Å²) in [5.41, 5.74) is 4.67. The summed E-state index contributed by atoms with van der Waals surface area (Å²) in [6, 6.07) is 15.3. The summed E-state index contributed by atoms with van der Waals surface area (Å²) in [5, 5.41) is 26.0. The van der Waals surface area contributed by atoms with Crippen LogP contribution < -0.4 is 10.6 Å². The van der Waals surface area contributed by atoms with Crippen molar-refractivity contribution in [3.8, 4) is 33.8 Å². The highest BCUT2D eigenvalue weighted by Gasteiger charge is 2.18. The number of hydrogen-bond acceptors (Lipinski definition) is 8. The van der Waals surface area contributed by atoms with Gasteiger partial charge in [-0.2, -0.15) is 0 Å². The first-order chi connectivity index (χ1) is 25.9. The van der Waals surface area contributed by atoms with Crippen LogP contribution in [0.15, 0.2) is 79.4 Å². The molecule has 0 saturated carbocycles. The number of ether oxygens (including phenoxy) is 2. The molecule has 0 saturated heterocycles. The zero-order valence-corrected chi connectivity index (χ0v) is 32.8. The van der Waals surface area contributed by atoms with Crippen LogP contribution in [0.5, 0.6) is 11.5 Å². The van der Waals surface area contributed by atoms with E-state index in [9.17, 15) is 24.2 Å².